The molecule has 2 aromatic rings. The van der Waals surface area contributed by atoms with E-state index in [4.69, 9.17) is 4.74 Å². The van der Waals surface area contributed by atoms with Gasteiger partial charge in [0.1, 0.15) is 0 Å². The summed E-state index contributed by atoms with van der Waals surface area (Å²) in [5.74, 6) is 0.807. The van der Waals surface area contributed by atoms with Crippen molar-refractivity contribution in [3.63, 3.8) is 0 Å². The molecule has 0 aliphatic rings. The van der Waals surface area contributed by atoms with Crippen LogP contribution in [-0.4, -0.2) is 34.8 Å². The standard InChI is InChI=1S/C13H16FN3O2S2/c1-17(2)13-15-12(16-20-13)8-21(18)7-9-4-5-11(19-3)10(14)6-9/h4-6H,7-8H2,1-3H3/t21-/m1/s1. The molecule has 0 radical (unpaired) electrons. The SMILES string of the molecule is COc1ccc(C[S@@](=O)Cc2nsc(N(C)C)n2)cc1F. The van der Waals surface area contributed by atoms with Gasteiger partial charge in [-0.2, -0.15) is 4.37 Å². The molecule has 1 aromatic heterocycles. The van der Waals surface area contributed by atoms with Gasteiger partial charge in [0.15, 0.2) is 17.4 Å². The van der Waals surface area contributed by atoms with Crippen LogP contribution in [0.25, 0.3) is 0 Å². The lowest BCUT2D eigenvalue weighted by Crippen LogP contribution is -2.08. The Morgan fingerprint density at radius 2 is 2.14 bits per heavy atom. The second kappa shape index (κ2) is 6.95. The zero-order valence-electron chi connectivity index (χ0n) is 12.0. The highest BCUT2D eigenvalue weighted by atomic mass is 32.2. The van der Waals surface area contributed by atoms with E-state index in [1.165, 1.54) is 30.8 Å². The summed E-state index contributed by atoms with van der Waals surface area (Å²) in [6, 6.07) is 4.59. The molecule has 0 N–H and O–H groups in total. The number of methoxy groups -OCH3 is 1. The van der Waals surface area contributed by atoms with Crippen molar-refractivity contribution in [2.75, 3.05) is 26.1 Å². The number of hydrogen-bond acceptors (Lipinski definition) is 6. The van der Waals surface area contributed by atoms with E-state index in [0.29, 0.717) is 11.4 Å². The maximum atomic E-state index is 13.6. The maximum Gasteiger partial charge on any atom is 0.204 e. The monoisotopic (exact) mass is 329 g/mol. The van der Waals surface area contributed by atoms with Gasteiger partial charge in [-0.25, -0.2) is 9.37 Å². The second-order valence-corrected chi connectivity index (χ2v) is 6.77. The summed E-state index contributed by atoms with van der Waals surface area (Å²) in [5.41, 5.74) is 0.662. The van der Waals surface area contributed by atoms with Crippen LogP contribution in [0.4, 0.5) is 9.52 Å². The Balaban J connectivity index is 1.99. The summed E-state index contributed by atoms with van der Waals surface area (Å²) in [6.07, 6.45) is 0. The molecule has 21 heavy (non-hydrogen) atoms. The van der Waals surface area contributed by atoms with Crippen LogP contribution in [0.1, 0.15) is 11.4 Å². The molecule has 1 atom stereocenters. The first kappa shape index (κ1) is 15.8. The fraction of sp³-hybridized carbons (Fsp3) is 0.385. The second-order valence-electron chi connectivity index (χ2n) is 4.59. The number of ether oxygens (including phenoxy) is 1. The molecule has 0 saturated carbocycles. The van der Waals surface area contributed by atoms with Gasteiger partial charge in [0.2, 0.25) is 5.13 Å². The highest BCUT2D eigenvalue weighted by molar-refractivity contribution is 7.83. The lowest BCUT2D eigenvalue weighted by molar-refractivity contribution is 0.386. The molecule has 0 aliphatic carbocycles. The van der Waals surface area contributed by atoms with Gasteiger partial charge in [0, 0.05) is 42.2 Å². The molecular weight excluding hydrogens is 313 g/mol. The van der Waals surface area contributed by atoms with Gasteiger partial charge in [-0.05, 0) is 17.7 Å². The summed E-state index contributed by atoms with van der Waals surface area (Å²) in [5, 5.41) is 0.775. The number of aromatic nitrogens is 2. The Bertz CT molecular complexity index is 646. The third-order valence-corrected chi connectivity index (χ3v) is 4.83. The molecule has 0 saturated heterocycles. The van der Waals surface area contributed by atoms with Crippen molar-refractivity contribution in [3.8, 4) is 5.75 Å². The van der Waals surface area contributed by atoms with Gasteiger partial charge in [-0.1, -0.05) is 6.07 Å². The average molecular weight is 329 g/mol. The number of nitrogens with zero attached hydrogens (tertiary/aromatic N) is 3. The lowest BCUT2D eigenvalue weighted by Gasteiger charge is -2.05. The van der Waals surface area contributed by atoms with Crippen molar-refractivity contribution >= 4 is 27.5 Å². The van der Waals surface area contributed by atoms with Crippen LogP contribution in [-0.2, 0) is 22.3 Å². The molecule has 8 heteroatoms. The van der Waals surface area contributed by atoms with E-state index in [2.05, 4.69) is 9.36 Å². The van der Waals surface area contributed by atoms with Crippen LogP contribution < -0.4 is 9.64 Å². The molecule has 0 amide bonds. The molecule has 0 bridgehead atoms. The van der Waals surface area contributed by atoms with E-state index in [9.17, 15) is 8.60 Å². The predicted octanol–water partition coefficient (Wildman–Crippen LogP) is 2.20. The molecule has 5 nitrogen and oxygen atoms in total. The van der Waals surface area contributed by atoms with E-state index in [1.54, 1.807) is 6.07 Å². The number of hydrogen-bond donors (Lipinski definition) is 0. The highest BCUT2D eigenvalue weighted by Gasteiger charge is 2.11. The number of anilines is 1. The smallest absolute Gasteiger partial charge is 0.204 e. The van der Waals surface area contributed by atoms with Gasteiger partial charge in [0.05, 0.1) is 12.9 Å². The predicted molar refractivity (Wildman–Crippen MR) is 82.7 cm³/mol. The van der Waals surface area contributed by atoms with Crippen LogP contribution in [0, 0.1) is 5.82 Å². The fourth-order valence-corrected chi connectivity index (χ4v) is 3.42. The summed E-state index contributed by atoms with van der Waals surface area (Å²) in [4.78, 5) is 6.13. The summed E-state index contributed by atoms with van der Waals surface area (Å²) in [6.45, 7) is 0. The molecule has 1 aromatic carbocycles. The van der Waals surface area contributed by atoms with Crippen LogP contribution in [0.2, 0.25) is 0 Å². The quantitative estimate of drug-likeness (QED) is 0.813. The Hall–Kier alpha value is -1.54. The van der Waals surface area contributed by atoms with Crippen molar-refractivity contribution in [1.29, 1.82) is 0 Å². The largest absolute Gasteiger partial charge is 0.494 e. The highest BCUT2D eigenvalue weighted by Crippen LogP contribution is 2.20. The van der Waals surface area contributed by atoms with Gasteiger partial charge in [-0.3, -0.25) is 4.21 Å². The fourth-order valence-electron chi connectivity index (χ4n) is 1.67. The van der Waals surface area contributed by atoms with Crippen molar-refractivity contribution in [2.24, 2.45) is 0 Å². The Morgan fingerprint density at radius 1 is 1.38 bits per heavy atom. The first-order valence-corrected chi connectivity index (χ1v) is 8.43. The van der Waals surface area contributed by atoms with Crippen LogP contribution in [0.5, 0.6) is 5.75 Å². The molecular formula is C13H16FN3O2S2. The Labute approximate surface area is 129 Å². The minimum Gasteiger partial charge on any atom is -0.494 e. The van der Waals surface area contributed by atoms with Crippen molar-refractivity contribution < 1.29 is 13.3 Å². The van der Waals surface area contributed by atoms with Gasteiger partial charge in [-0.15, -0.1) is 0 Å². The molecule has 0 aliphatic heterocycles. The normalized spacial score (nSPS) is 12.2. The number of rotatable bonds is 6. The van der Waals surface area contributed by atoms with Gasteiger partial charge in [0.25, 0.3) is 0 Å². The first-order chi connectivity index (χ1) is 9.99. The molecule has 0 spiro atoms. The van der Waals surface area contributed by atoms with Crippen LogP contribution >= 0.6 is 11.5 Å². The topological polar surface area (TPSA) is 55.3 Å². The number of benzene rings is 1. The summed E-state index contributed by atoms with van der Waals surface area (Å²) in [7, 11) is 3.98. The third-order valence-electron chi connectivity index (χ3n) is 2.67. The van der Waals surface area contributed by atoms with Crippen molar-refractivity contribution in [2.45, 2.75) is 11.5 Å². The third kappa shape index (κ3) is 4.21. The maximum absolute atomic E-state index is 13.6. The van der Waals surface area contributed by atoms with E-state index in [-0.39, 0.29) is 17.3 Å². The summed E-state index contributed by atoms with van der Waals surface area (Å²) < 4.78 is 34.7. The van der Waals surface area contributed by atoms with E-state index >= 15 is 0 Å². The molecule has 1 heterocycles. The van der Waals surface area contributed by atoms with Gasteiger partial charge < -0.3 is 9.64 Å². The minimum atomic E-state index is -1.18. The van der Waals surface area contributed by atoms with E-state index in [1.807, 2.05) is 19.0 Å². The first-order valence-electron chi connectivity index (χ1n) is 6.17. The van der Waals surface area contributed by atoms with E-state index in [0.717, 1.165) is 5.13 Å². The lowest BCUT2D eigenvalue weighted by atomic mass is 10.2. The van der Waals surface area contributed by atoms with Crippen LogP contribution in [0.15, 0.2) is 18.2 Å². The van der Waals surface area contributed by atoms with E-state index < -0.39 is 16.6 Å². The van der Waals surface area contributed by atoms with Crippen molar-refractivity contribution in [3.05, 3.63) is 35.4 Å². The molecule has 2 rings (SSSR count). The molecule has 0 unspecified atom stereocenters. The molecule has 0 fully saturated rings. The Morgan fingerprint density at radius 3 is 2.71 bits per heavy atom. The van der Waals surface area contributed by atoms with Gasteiger partial charge >= 0.3 is 0 Å². The number of halogens is 1. The zero-order valence-corrected chi connectivity index (χ0v) is 13.6. The average Bonchev–Trinajstić information content (AvgIpc) is 2.87. The Kier molecular flexibility index (Phi) is 5.24. The molecule has 114 valence electrons. The summed E-state index contributed by atoms with van der Waals surface area (Å²) >= 11 is 1.27. The minimum absolute atomic E-state index is 0.182. The van der Waals surface area contributed by atoms with Crippen LogP contribution in [0.3, 0.4) is 0 Å². The zero-order chi connectivity index (χ0) is 15.4. The van der Waals surface area contributed by atoms with Crippen molar-refractivity contribution in [1.82, 2.24) is 9.36 Å².